The van der Waals surface area contributed by atoms with E-state index in [1.807, 2.05) is 22.9 Å². The predicted molar refractivity (Wildman–Crippen MR) is 50.7 cm³/mol. The Morgan fingerprint density at radius 3 is 2.58 bits per heavy atom. The van der Waals surface area contributed by atoms with Crippen molar-refractivity contribution in [2.24, 2.45) is 0 Å². The van der Waals surface area contributed by atoms with Gasteiger partial charge in [0.15, 0.2) is 0 Å². The van der Waals surface area contributed by atoms with Crippen LogP contribution in [-0.2, 0) is 0 Å². The summed E-state index contributed by atoms with van der Waals surface area (Å²) in [4.78, 5) is 0. The molecule has 0 aromatic heterocycles. The van der Waals surface area contributed by atoms with Gasteiger partial charge in [-0.15, -0.1) is 0 Å². The molecule has 1 aromatic rings. The first-order chi connectivity index (χ1) is 5.65. The Kier molecular flexibility index (Phi) is 3.07. The smallest absolute Gasteiger partial charge is 0.267 e. The SMILES string of the molecule is Oc1ccc(NI)cc1C(F)F. The number of phenolic OH excluding ortho intramolecular Hbond substituents is 1. The number of anilines is 1. The lowest BCUT2D eigenvalue weighted by Crippen LogP contribution is -1.87. The molecular weight excluding hydrogens is 279 g/mol. The number of phenols is 1. The molecule has 0 saturated carbocycles. The van der Waals surface area contributed by atoms with Gasteiger partial charge in [0.1, 0.15) is 5.75 Å². The highest BCUT2D eigenvalue weighted by Gasteiger charge is 2.12. The Bertz CT molecular complexity index is 280. The topological polar surface area (TPSA) is 32.3 Å². The monoisotopic (exact) mass is 285 g/mol. The summed E-state index contributed by atoms with van der Waals surface area (Å²) < 4.78 is 27.0. The predicted octanol–water partition coefficient (Wildman–Crippen LogP) is 3.09. The third-order valence-corrected chi connectivity index (χ3v) is 1.99. The van der Waals surface area contributed by atoms with Crippen molar-refractivity contribution in [3.8, 4) is 5.75 Å². The summed E-state index contributed by atoms with van der Waals surface area (Å²) in [5.74, 6) is -0.375. The quantitative estimate of drug-likeness (QED) is 0.497. The van der Waals surface area contributed by atoms with E-state index < -0.39 is 6.43 Å². The van der Waals surface area contributed by atoms with Crippen molar-refractivity contribution in [2.45, 2.75) is 6.43 Å². The average molecular weight is 285 g/mol. The van der Waals surface area contributed by atoms with E-state index >= 15 is 0 Å². The molecule has 0 heterocycles. The van der Waals surface area contributed by atoms with Gasteiger partial charge in [0.2, 0.25) is 0 Å². The van der Waals surface area contributed by atoms with Gasteiger partial charge in [0, 0.05) is 5.69 Å². The van der Waals surface area contributed by atoms with Crippen LogP contribution in [0.5, 0.6) is 5.75 Å². The Balaban J connectivity index is 3.08. The van der Waals surface area contributed by atoms with Gasteiger partial charge in [0.05, 0.1) is 28.4 Å². The normalized spacial score (nSPS) is 10.3. The summed E-state index contributed by atoms with van der Waals surface area (Å²) in [5, 5.41) is 8.99. The zero-order chi connectivity index (χ0) is 9.14. The van der Waals surface area contributed by atoms with E-state index in [2.05, 4.69) is 3.53 Å². The van der Waals surface area contributed by atoms with Crippen molar-refractivity contribution in [1.29, 1.82) is 0 Å². The molecular formula is C7H6F2INO. The van der Waals surface area contributed by atoms with Crippen LogP contribution < -0.4 is 3.53 Å². The second-order valence-corrected chi connectivity index (χ2v) is 2.71. The average Bonchev–Trinajstić information content (AvgIpc) is 2.05. The molecule has 1 rings (SSSR count). The number of aromatic hydroxyl groups is 1. The van der Waals surface area contributed by atoms with E-state index in [0.29, 0.717) is 5.69 Å². The Labute approximate surface area is 82.1 Å². The van der Waals surface area contributed by atoms with Crippen LogP contribution in [-0.4, -0.2) is 5.11 Å². The lowest BCUT2D eigenvalue weighted by Gasteiger charge is -2.04. The minimum absolute atomic E-state index is 0.350. The lowest BCUT2D eigenvalue weighted by molar-refractivity contribution is 0.147. The fraction of sp³-hybridized carbons (Fsp3) is 0.143. The largest absolute Gasteiger partial charge is 0.507 e. The lowest BCUT2D eigenvalue weighted by atomic mass is 10.2. The molecule has 2 nitrogen and oxygen atoms in total. The summed E-state index contributed by atoms with van der Waals surface area (Å²) in [7, 11) is 0. The minimum atomic E-state index is -2.64. The van der Waals surface area contributed by atoms with Crippen LogP contribution in [0.1, 0.15) is 12.0 Å². The van der Waals surface area contributed by atoms with E-state index in [9.17, 15) is 8.78 Å². The highest BCUT2D eigenvalue weighted by atomic mass is 127. The first kappa shape index (κ1) is 9.50. The highest BCUT2D eigenvalue weighted by Crippen LogP contribution is 2.30. The van der Waals surface area contributed by atoms with Crippen molar-refractivity contribution in [3.63, 3.8) is 0 Å². The zero-order valence-electron chi connectivity index (χ0n) is 5.89. The fourth-order valence-corrected chi connectivity index (χ4v) is 1.12. The summed E-state index contributed by atoms with van der Waals surface area (Å²) in [6, 6.07) is 3.97. The van der Waals surface area contributed by atoms with Gasteiger partial charge in [0.25, 0.3) is 6.43 Å². The van der Waals surface area contributed by atoms with Crippen LogP contribution in [0.25, 0.3) is 0 Å². The summed E-state index contributed by atoms with van der Waals surface area (Å²) in [6.45, 7) is 0. The molecule has 5 heteroatoms. The summed E-state index contributed by atoms with van der Waals surface area (Å²) >= 11 is 1.83. The minimum Gasteiger partial charge on any atom is -0.507 e. The summed E-state index contributed by atoms with van der Waals surface area (Å²) in [5.41, 5.74) is 0.195. The van der Waals surface area contributed by atoms with Crippen LogP contribution in [0.4, 0.5) is 14.5 Å². The molecule has 0 saturated heterocycles. The molecule has 0 amide bonds. The number of nitrogens with one attached hydrogen (secondary N) is 1. The second kappa shape index (κ2) is 3.88. The Morgan fingerprint density at radius 2 is 2.08 bits per heavy atom. The zero-order valence-corrected chi connectivity index (χ0v) is 8.05. The number of halogens is 3. The molecule has 0 radical (unpaired) electrons. The van der Waals surface area contributed by atoms with Crippen molar-refractivity contribution >= 4 is 28.6 Å². The van der Waals surface area contributed by atoms with E-state index in [1.165, 1.54) is 18.2 Å². The van der Waals surface area contributed by atoms with Gasteiger partial charge in [-0.25, -0.2) is 8.78 Å². The second-order valence-electron chi connectivity index (χ2n) is 2.17. The molecule has 0 bridgehead atoms. The van der Waals surface area contributed by atoms with E-state index in [-0.39, 0.29) is 11.3 Å². The molecule has 0 spiro atoms. The van der Waals surface area contributed by atoms with Crippen molar-refractivity contribution in [2.75, 3.05) is 3.53 Å². The molecule has 0 atom stereocenters. The number of rotatable bonds is 2. The van der Waals surface area contributed by atoms with Crippen molar-refractivity contribution in [3.05, 3.63) is 23.8 Å². The van der Waals surface area contributed by atoms with Crippen LogP contribution >= 0.6 is 22.9 Å². The van der Waals surface area contributed by atoms with E-state index in [4.69, 9.17) is 5.11 Å². The van der Waals surface area contributed by atoms with Gasteiger partial charge >= 0.3 is 0 Å². The van der Waals surface area contributed by atoms with Gasteiger partial charge in [-0.05, 0) is 18.2 Å². The molecule has 0 aliphatic rings. The van der Waals surface area contributed by atoms with E-state index in [0.717, 1.165) is 0 Å². The Morgan fingerprint density at radius 1 is 1.42 bits per heavy atom. The maximum Gasteiger partial charge on any atom is 0.267 e. The molecule has 0 fully saturated rings. The first-order valence-corrected chi connectivity index (χ1v) is 4.20. The third-order valence-electron chi connectivity index (χ3n) is 1.37. The van der Waals surface area contributed by atoms with Gasteiger partial charge in [-0.2, -0.15) is 0 Å². The van der Waals surface area contributed by atoms with Gasteiger partial charge in [-0.1, -0.05) is 0 Å². The van der Waals surface area contributed by atoms with Gasteiger partial charge < -0.3 is 8.64 Å². The maximum atomic E-state index is 12.2. The standard InChI is InChI=1S/C7H6F2INO/c8-7(9)5-3-4(11-10)1-2-6(5)12/h1-3,7,11-12H. The molecule has 0 aliphatic carbocycles. The molecule has 66 valence electrons. The highest BCUT2D eigenvalue weighted by molar-refractivity contribution is 14.1. The van der Waals surface area contributed by atoms with Crippen molar-refractivity contribution < 1.29 is 13.9 Å². The molecule has 0 unspecified atom stereocenters. The van der Waals surface area contributed by atoms with Crippen molar-refractivity contribution in [1.82, 2.24) is 0 Å². The Hall–Kier alpha value is -0.590. The summed E-state index contributed by atoms with van der Waals surface area (Å²) in [6.07, 6.45) is -2.64. The number of benzene rings is 1. The number of hydrogen-bond donors (Lipinski definition) is 2. The van der Waals surface area contributed by atoms with Crippen LogP contribution in [0.2, 0.25) is 0 Å². The molecule has 1 aromatic carbocycles. The van der Waals surface area contributed by atoms with Crippen LogP contribution in [0.15, 0.2) is 18.2 Å². The molecule has 0 aliphatic heterocycles. The van der Waals surface area contributed by atoms with E-state index in [1.54, 1.807) is 0 Å². The van der Waals surface area contributed by atoms with Gasteiger partial charge in [-0.3, -0.25) is 0 Å². The van der Waals surface area contributed by atoms with Crippen LogP contribution in [0.3, 0.4) is 0 Å². The third kappa shape index (κ3) is 1.96. The fourth-order valence-electron chi connectivity index (χ4n) is 0.788. The number of alkyl halides is 2. The molecule has 12 heavy (non-hydrogen) atoms. The maximum absolute atomic E-state index is 12.2. The van der Waals surface area contributed by atoms with Crippen LogP contribution in [0, 0.1) is 0 Å². The molecule has 2 N–H and O–H groups in total. The first-order valence-electron chi connectivity index (χ1n) is 3.13. The number of hydrogen-bond acceptors (Lipinski definition) is 2.